The van der Waals surface area contributed by atoms with Gasteiger partial charge in [0.2, 0.25) is 0 Å². The monoisotopic (exact) mass is 682 g/mol. The van der Waals surface area contributed by atoms with E-state index in [2.05, 4.69) is 206 Å². The van der Waals surface area contributed by atoms with Gasteiger partial charge in [0.1, 0.15) is 0 Å². The summed E-state index contributed by atoms with van der Waals surface area (Å²) in [6.07, 6.45) is 0. The third kappa shape index (κ3) is 4.92. The largest absolute Gasteiger partial charge is 0.0622 e. The van der Waals surface area contributed by atoms with Crippen LogP contribution in [0.5, 0.6) is 0 Å². The molecule has 11 rings (SSSR count). The van der Waals surface area contributed by atoms with E-state index < -0.39 is 0 Å². The zero-order valence-corrected chi connectivity index (χ0v) is 29.6. The van der Waals surface area contributed by atoms with E-state index in [9.17, 15) is 0 Å². The second-order valence-electron chi connectivity index (χ2n) is 14.5. The summed E-state index contributed by atoms with van der Waals surface area (Å²) in [4.78, 5) is 0. The SMILES string of the molecule is c1ccc(-c2ccc3c(-c4cc5cc6ccccc6cc5c5ccccc45)c4cc(-c5ccccc5)ccc4c(-c4ccc5ccccc5c4)c3c2)cc1. The van der Waals surface area contributed by atoms with Gasteiger partial charge < -0.3 is 0 Å². The Morgan fingerprint density at radius 1 is 0.185 bits per heavy atom. The zero-order chi connectivity index (χ0) is 35.6. The molecule has 0 aliphatic rings. The van der Waals surface area contributed by atoms with E-state index in [1.165, 1.54) is 109 Å². The third-order valence-electron chi connectivity index (χ3n) is 11.4. The van der Waals surface area contributed by atoms with E-state index in [4.69, 9.17) is 0 Å². The highest BCUT2D eigenvalue weighted by Crippen LogP contribution is 2.49. The van der Waals surface area contributed by atoms with Gasteiger partial charge in [-0.25, -0.2) is 0 Å². The van der Waals surface area contributed by atoms with Gasteiger partial charge in [0.15, 0.2) is 0 Å². The minimum atomic E-state index is 1.21. The normalized spacial score (nSPS) is 11.7. The van der Waals surface area contributed by atoms with E-state index in [-0.39, 0.29) is 0 Å². The average molecular weight is 683 g/mol. The predicted molar refractivity (Wildman–Crippen MR) is 233 cm³/mol. The number of hydrogen-bond donors (Lipinski definition) is 0. The van der Waals surface area contributed by atoms with Crippen LogP contribution in [0.4, 0.5) is 0 Å². The van der Waals surface area contributed by atoms with Crippen molar-refractivity contribution in [1.29, 1.82) is 0 Å². The lowest BCUT2D eigenvalue weighted by molar-refractivity contribution is 1.63. The Morgan fingerprint density at radius 2 is 0.685 bits per heavy atom. The molecule has 0 amide bonds. The van der Waals surface area contributed by atoms with Gasteiger partial charge in [-0.1, -0.05) is 170 Å². The minimum absolute atomic E-state index is 1.21. The maximum absolute atomic E-state index is 2.45. The summed E-state index contributed by atoms with van der Waals surface area (Å²) in [5.41, 5.74) is 9.88. The van der Waals surface area contributed by atoms with Crippen molar-refractivity contribution in [3.63, 3.8) is 0 Å². The molecule has 11 aromatic carbocycles. The minimum Gasteiger partial charge on any atom is -0.0622 e. The van der Waals surface area contributed by atoms with Crippen molar-refractivity contribution in [3.8, 4) is 44.5 Å². The first-order valence-electron chi connectivity index (χ1n) is 18.7. The standard InChI is InChI=1S/C54H34/c1-3-13-35(14-4-1)41-26-28-48-51(32-41)53(43-24-23-37-17-7-8-18-38(37)29-43)47-27-25-42(36-15-5-2-6-16-36)33-52(47)54(48)50-34-44-30-39-19-9-10-20-40(39)31-49(44)45-21-11-12-22-46(45)50/h1-34H. The first-order chi connectivity index (χ1) is 26.8. The van der Waals surface area contributed by atoms with Crippen molar-refractivity contribution in [2.24, 2.45) is 0 Å². The Morgan fingerprint density at radius 3 is 1.35 bits per heavy atom. The maximum Gasteiger partial charge on any atom is -0.00197 e. The van der Waals surface area contributed by atoms with Crippen molar-refractivity contribution in [2.45, 2.75) is 0 Å². The van der Waals surface area contributed by atoms with Gasteiger partial charge in [-0.15, -0.1) is 0 Å². The molecule has 0 N–H and O–H groups in total. The highest BCUT2D eigenvalue weighted by atomic mass is 14.2. The molecular weight excluding hydrogens is 649 g/mol. The van der Waals surface area contributed by atoms with Crippen LogP contribution in [-0.2, 0) is 0 Å². The Labute approximate surface area is 314 Å². The summed E-state index contributed by atoms with van der Waals surface area (Å²) < 4.78 is 0. The Balaban J connectivity index is 1.33. The van der Waals surface area contributed by atoms with Crippen LogP contribution in [0.1, 0.15) is 0 Å². The van der Waals surface area contributed by atoms with Gasteiger partial charge in [0, 0.05) is 0 Å². The lowest BCUT2D eigenvalue weighted by atomic mass is 9.82. The fraction of sp³-hybridized carbons (Fsp3) is 0. The van der Waals surface area contributed by atoms with Crippen molar-refractivity contribution in [2.75, 3.05) is 0 Å². The fourth-order valence-corrected chi connectivity index (χ4v) is 8.80. The molecule has 0 aromatic heterocycles. The number of fused-ring (bicyclic) bond motifs is 7. The summed E-state index contributed by atoms with van der Waals surface area (Å²) in [5, 5.41) is 15.1. The molecule has 0 nitrogen and oxygen atoms in total. The van der Waals surface area contributed by atoms with E-state index in [0.29, 0.717) is 0 Å². The van der Waals surface area contributed by atoms with Gasteiger partial charge in [-0.2, -0.15) is 0 Å². The van der Waals surface area contributed by atoms with Crippen molar-refractivity contribution < 1.29 is 0 Å². The molecule has 0 heteroatoms. The van der Waals surface area contributed by atoms with Crippen LogP contribution < -0.4 is 0 Å². The molecule has 0 aliphatic carbocycles. The Kier molecular flexibility index (Phi) is 6.97. The van der Waals surface area contributed by atoms with Crippen LogP contribution in [0.3, 0.4) is 0 Å². The molecule has 54 heavy (non-hydrogen) atoms. The molecule has 0 atom stereocenters. The molecule has 0 unspecified atom stereocenters. The first kappa shape index (κ1) is 30.6. The van der Waals surface area contributed by atoms with E-state index in [1.54, 1.807) is 0 Å². The molecule has 0 spiro atoms. The van der Waals surface area contributed by atoms with Crippen molar-refractivity contribution in [1.82, 2.24) is 0 Å². The molecule has 11 aromatic rings. The number of hydrogen-bond acceptors (Lipinski definition) is 0. The Hall–Kier alpha value is -7.02. The molecular formula is C54H34. The molecule has 250 valence electrons. The summed E-state index contributed by atoms with van der Waals surface area (Å²) in [6.45, 7) is 0. The molecule has 0 saturated carbocycles. The second kappa shape index (κ2) is 12.3. The molecule has 0 heterocycles. The summed E-state index contributed by atoms with van der Waals surface area (Å²) >= 11 is 0. The lowest BCUT2D eigenvalue weighted by Crippen LogP contribution is -1.94. The summed E-state index contributed by atoms with van der Waals surface area (Å²) in [7, 11) is 0. The molecule has 0 aliphatic heterocycles. The molecule has 0 fully saturated rings. The van der Waals surface area contributed by atoms with Crippen LogP contribution >= 0.6 is 0 Å². The topological polar surface area (TPSA) is 0 Å². The third-order valence-corrected chi connectivity index (χ3v) is 11.4. The highest BCUT2D eigenvalue weighted by molar-refractivity contribution is 6.27. The van der Waals surface area contributed by atoms with Gasteiger partial charge in [0.25, 0.3) is 0 Å². The molecule has 0 saturated heterocycles. The zero-order valence-electron chi connectivity index (χ0n) is 29.6. The summed E-state index contributed by atoms with van der Waals surface area (Å²) in [6, 6.07) is 76.4. The van der Waals surface area contributed by atoms with Crippen LogP contribution in [-0.4, -0.2) is 0 Å². The van der Waals surface area contributed by atoms with E-state index >= 15 is 0 Å². The number of rotatable bonds is 4. The quantitative estimate of drug-likeness (QED) is 0.128. The van der Waals surface area contributed by atoms with Gasteiger partial charge in [-0.3, -0.25) is 0 Å². The second-order valence-corrected chi connectivity index (χ2v) is 14.5. The average Bonchev–Trinajstić information content (AvgIpc) is 3.25. The van der Waals surface area contributed by atoms with Crippen molar-refractivity contribution in [3.05, 3.63) is 206 Å². The van der Waals surface area contributed by atoms with Crippen LogP contribution in [0, 0.1) is 0 Å². The van der Waals surface area contributed by atoms with Crippen LogP contribution in [0.2, 0.25) is 0 Å². The van der Waals surface area contributed by atoms with Gasteiger partial charge in [0.05, 0.1) is 0 Å². The van der Waals surface area contributed by atoms with Crippen molar-refractivity contribution >= 4 is 64.6 Å². The van der Waals surface area contributed by atoms with E-state index in [1.807, 2.05) is 0 Å². The van der Waals surface area contributed by atoms with E-state index in [0.717, 1.165) is 0 Å². The smallest absolute Gasteiger partial charge is 0.00197 e. The fourth-order valence-electron chi connectivity index (χ4n) is 8.80. The first-order valence-corrected chi connectivity index (χ1v) is 18.7. The number of benzene rings is 11. The lowest BCUT2D eigenvalue weighted by Gasteiger charge is -2.21. The van der Waals surface area contributed by atoms with Gasteiger partial charge >= 0.3 is 0 Å². The van der Waals surface area contributed by atoms with Crippen LogP contribution in [0.15, 0.2) is 206 Å². The van der Waals surface area contributed by atoms with Gasteiger partial charge in [-0.05, 0) is 146 Å². The Bertz CT molecular complexity index is 3240. The molecule has 0 bridgehead atoms. The highest BCUT2D eigenvalue weighted by Gasteiger charge is 2.21. The predicted octanol–water partition coefficient (Wildman–Crippen LogP) is 15.3. The molecule has 0 radical (unpaired) electrons. The summed E-state index contributed by atoms with van der Waals surface area (Å²) in [5.74, 6) is 0. The maximum atomic E-state index is 2.45. The van der Waals surface area contributed by atoms with Crippen LogP contribution in [0.25, 0.3) is 109 Å².